The van der Waals surface area contributed by atoms with Crippen molar-refractivity contribution in [3.63, 3.8) is 0 Å². The summed E-state index contributed by atoms with van der Waals surface area (Å²) in [7, 11) is -1.59. The van der Waals surface area contributed by atoms with E-state index in [0.717, 1.165) is 31.9 Å². The molecule has 0 spiro atoms. The number of rotatable bonds is 4. The topological polar surface area (TPSA) is 52.6 Å². The summed E-state index contributed by atoms with van der Waals surface area (Å²) in [6.45, 7) is 3.64. The first-order chi connectivity index (χ1) is 11.5. The van der Waals surface area contributed by atoms with Gasteiger partial charge in [-0.2, -0.15) is 0 Å². The first-order valence-corrected chi connectivity index (χ1v) is 9.63. The summed E-state index contributed by atoms with van der Waals surface area (Å²) < 4.78 is 28.0. The monoisotopic (exact) mass is 365 g/mol. The summed E-state index contributed by atoms with van der Waals surface area (Å²) in [6.07, 6.45) is 0. The summed E-state index contributed by atoms with van der Waals surface area (Å²) in [6, 6.07) is 13.7. The van der Waals surface area contributed by atoms with E-state index in [1.807, 2.05) is 18.2 Å². The lowest BCUT2D eigenvalue weighted by Gasteiger charge is -2.35. The molecule has 0 aromatic heterocycles. The second kappa shape index (κ2) is 7.01. The summed E-state index contributed by atoms with van der Waals surface area (Å²) in [5.74, 6) is 0. The normalized spacial score (nSPS) is 16.2. The summed E-state index contributed by atoms with van der Waals surface area (Å²) >= 11 is 5.92. The van der Waals surface area contributed by atoms with Crippen molar-refractivity contribution in [3.05, 3.63) is 53.6 Å². The predicted octanol–water partition coefficient (Wildman–Crippen LogP) is 2.89. The van der Waals surface area contributed by atoms with E-state index in [1.165, 1.54) is 12.1 Å². The Morgan fingerprint density at radius 2 is 1.71 bits per heavy atom. The van der Waals surface area contributed by atoms with Crippen molar-refractivity contribution in [2.45, 2.75) is 4.90 Å². The minimum Gasteiger partial charge on any atom is -0.367 e. The molecule has 0 atom stereocenters. The predicted molar refractivity (Wildman–Crippen MR) is 98.4 cm³/mol. The molecule has 1 N–H and O–H groups in total. The number of likely N-dealkylation sites (N-methyl/N-ethyl adjacent to an activating group) is 1. The van der Waals surface area contributed by atoms with Crippen molar-refractivity contribution in [1.82, 2.24) is 4.90 Å². The Morgan fingerprint density at radius 3 is 2.42 bits per heavy atom. The Balaban J connectivity index is 1.88. The van der Waals surface area contributed by atoms with Crippen molar-refractivity contribution in [2.24, 2.45) is 0 Å². The van der Waals surface area contributed by atoms with Crippen LogP contribution in [-0.2, 0) is 10.0 Å². The summed E-state index contributed by atoms with van der Waals surface area (Å²) in [5.41, 5.74) is 1.48. The number of nitrogens with one attached hydrogen (secondary N) is 1. The van der Waals surface area contributed by atoms with Gasteiger partial charge in [0.2, 0.25) is 0 Å². The van der Waals surface area contributed by atoms with Crippen molar-refractivity contribution in [1.29, 1.82) is 0 Å². The van der Waals surface area contributed by atoms with Gasteiger partial charge in [-0.05, 0) is 37.4 Å². The number of halogens is 1. The molecule has 7 heteroatoms. The van der Waals surface area contributed by atoms with Crippen LogP contribution in [0.4, 0.5) is 11.4 Å². The quantitative estimate of drug-likeness (QED) is 0.905. The van der Waals surface area contributed by atoms with Crippen LogP contribution in [0.25, 0.3) is 0 Å². The Hall–Kier alpha value is -1.76. The molecule has 2 aromatic rings. The third-order valence-corrected chi connectivity index (χ3v) is 5.70. The lowest BCUT2D eigenvalue weighted by Crippen LogP contribution is -2.44. The second-order valence-corrected chi connectivity index (χ2v) is 7.99. The highest BCUT2D eigenvalue weighted by Crippen LogP contribution is 2.29. The molecule has 24 heavy (non-hydrogen) atoms. The Bertz CT molecular complexity index is 818. The summed E-state index contributed by atoms with van der Waals surface area (Å²) in [4.78, 5) is 4.62. The highest BCUT2D eigenvalue weighted by molar-refractivity contribution is 7.92. The maximum Gasteiger partial charge on any atom is 0.262 e. The molecule has 128 valence electrons. The van der Waals surface area contributed by atoms with E-state index in [0.29, 0.717) is 10.7 Å². The minimum atomic E-state index is -3.68. The van der Waals surface area contributed by atoms with Crippen LogP contribution in [0.3, 0.4) is 0 Å². The van der Waals surface area contributed by atoms with Gasteiger partial charge in [0.15, 0.2) is 0 Å². The molecule has 0 bridgehead atoms. The van der Waals surface area contributed by atoms with Gasteiger partial charge in [-0.1, -0.05) is 29.8 Å². The van der Waals surface area contributed by atoms with Crippen LogP contribution in [0.15, 0.2) is 53.4 Å². The average Bonchev–Trinajstić information content (AvgIpc) is 2.56. The molecule has 3 rings (SSSR count). The molecular formula is C17H20ClN3O2S. The van der Waals surface area contributed by atoms with Crippen molar-refractivity contribution < 1.29 is 8.42 Å². The highest BCUT2D eigenvalue weighted by Gasteiger charge is 2.20. The lowest BCUT2D eigenvalue weighted by molar-refractivity contribution is 0.313. The average molecular weight is 366 g/mol. The molecule has 0 saturated carbocycles. The van der Waals surface area contributed by atoms with E-state index in [-0.39, 0.29) is 4.90 Å². The smallest absolute Gasteiger partial charge is 0.262 e. The third kappa shape index (κ3) is 3.83. The van der Waals surface area contributed by atoms with E-state index in [4.69, 9.17) is 11.6 Å². The molecule has 1 fully saturated rings. The third-order valence-electron chi connectivity index (χ3n) is 4.10. The molecule has 0 radical (unpaired) electrons. The van der Waals surface area contributed by atoms with Gasteiger partial charge < -0.3 is 9.80 Å². The maximum atomic E-state index is 12.6. The van der Waals surface area contributed by atoms with Gasteiger partial charge in [0.05, 0.1) is 16.3 Å². The van der Waals surface area contributed by atoms with Crippen molar-refractivity contribution >= 4 is 33.0 Å². The fourth-order valence-corrected chi connectivity index (χ4v) is 4.10. The van der Waals surface area contributed by atoms with Gasteiger partial charge in [0.25, 0.3) is 10.0 Å². The number of anilines is 2. The SMILES string of the molecule is CN1CCN(c2ccccc2NS(=O)(=O)c2cccc(Cl)c2)CC1. The van der Waals surface area contributed by atoms with Crippen molar-refractivity contribution in [2.75, 3.05) is 42.8 Å². The molecule has 2 aromatic carbocycles. The molecule has 0 aliphatic carbocycles. The maximum absolute atomic E-state index is 12.6. The first-order valence-electron chi connectivity index (χ1n) is 7.77. The molecule has 1 heterocycles. The molecule has 1 aliphatic rings. The Kier molecular flexibility index (Phi) is 4.99. The van der Waals surface area contributed by atoms with E-state index in [9.17, 15) is 8.42 Å². The number of para-hydroxylation sites is 2. The number of hydrogen-bond donors (Lipinski definition) is 1. The van der Waals surface area contributed by atoms with E-state index in [1.54, 1.807) is 18.2 Å². The van der Waals surface area contributed by atoms with Crippen LogP contribution < -0.4 is 9.62 Å². The number of benzene rings is 2. The first kappa shape index (κ1) is 17.1. The zero-order valence-electron chi connectivity index (χ0n) is 13.4. The van der Waals surface area contributed by atoms with E-state index >= 15 is 0 Å². The van der Waals surface area contributed by atoms with Gasteiger partial charge in [-0.15, -0.1) is 0 Å². The Labute approximate surface area is 147 Å². The molecule has 0 unspecified atom stereocenters. The van der Waals surface area contributed by atoms with Gasteiger partial charge in [-0.25, -0.2) is 8.42 Å². The molecule has 1 saturated heterocycles. The standard InChI is InChI=1S/C17H20ClN3O2S/c1-20-9-11-21(12-10-20)17-8-3-2-7-16(17)19-24(22,23)15-6-4-5-14(18)13-15/h2-8,13,19H,9-12H2,1H3. The number of hydrogen-bond acceptors (Lipinski definition) is 4. The minimum absolute atomic E-state index is 0.156. The zero-order valence-corrected chi connectivity index (χ0v) is 15.0. The van der Waals surface area contributed by atoms with E-state index in [2.05, 4.69) is 21.6 Å². The lowest BCUT2D eigenvalue weighted by atomic mass is 10.2. The Morgan fingerprint density at radius 1 is 1.00 bits per heavy atom. The van der Waals surface area contributed by atoms with Gasteiger partial charge in [0.1, 0.15) is 0 Å². The summed E-state index contributed by atoms with van der Waals surface area (Å²) in [5, 5.41) is 0.394. The molecule has 5 nitrogen and oxygen atoms in total. The van der Waals surface area contributed by atoms with E-state index < -0.39 is 10.0 Å². The zero-order chi connectivity index (χ0) is 17.2. The largest absolute Gasteiger partial charge is 0.367 e. The van der Waals surface area contributed by atoms with Gasteiger partial charge in [0, 0.05) is 31.2 Å². The van der Waals surface area contributed by atoms with Crippen LogP contribution in [-0.4, -0.2) is 46.5 Å². The van der Waals surface area contributed by atoms with Crippen LogP contribution in [0.2, 0.25) is 5.02 Å². The van der Waals surface area contributed by atoms with Crippen LogP contribution >= 0.6 is 11.6 Å². The van der Waals surface area contributed by atoms with Crippen molar-refractivity contribution in [3.8, 4) is 0 Å². The molecule has 1 aliphatic heterocycles. The molecular weight excluding hydrogens is 346 g/mol. The second-order valence-electron chi connectivity index (χ2n) is 5.87. The number of piperazine rings is 1. The van der Waals surface area contributed by atoms with Crippen LogP contribution in [0.1, 0.15) is 0 Å². The molecule has 0 amide bonds. The number of nitrogens with zero attached hydrogens (tertiary/aromatic N) is 2. The fourth-order valence-electron chi connectivity index (χ4n) is 2.72. The fraction of sp³-hybridized carbons (Fsp3) is 0.294. The van der Waals surface area contributed by atoms with Crippen LogP contribution in [0.5, 0.6) is 0 Å². The van der Waals surface area contributed by atoms with Crippen LogP contribution in [0, 0.1) is 0 Å². The number of sulfonamides is 1. The van der Waals surface area contributed by atoms with Gasteiger partial charge in [-0.3, -0.25) is 4.72 Å². The van der Waals surface area contributed by atoms with Gasteiger partial charge >= 0.3 is 0 Å². The highest BCUT2D eigenvalue weighted by atomic mass is 35.5.